The fourth-order valence-electron chi connectivity index (χ4n) is 4.43. The van der Waals surface area contributed by atoms with Gasteiger partial charge in [-0.05, 0) is 31.0 Å². The van der Waals surface area contributed by atoms with Crippen molar-refractivity contribution in [3.63, 3.8) is 0 Å². The Labute approximate surface area is 204 Å². The zero-order valence-electron chi connectivity index (χ0n) is 20.2. The van der Waals surface area contributed by atoms with Crippen LogP contribution >= 0.6 is 0 Å². The zero-order valence-corrected chi connectivity index (χ0v) is 20.2. The molecule has 2 heterocycles. The standard InChI is InChI=1S/C26H31N3O6/c1-3-34-14-13-28(33-2)15-18-7-9-19(10-8-18)17-35-23-6-4-5-20-21(23)16-29(26(20)32)22-11-12-24(30)27-25(22)31/h4-10,22H,3,11-17H2,1-2H3,(H,27,30,31)/p+1. The van der Waals surface area contributed by atoms with Gasteiger partial charge in [-0.1, -0.05) is 30.3 Å². The molecule has 2 aromatic carbocycles. The molecule has 2 atom stereocenters. The number of ether oxygens (including phenoxy) is 2. The second kappa shape index (κ2) is 11.4. The van der Waals surface area contributed by atoms with Crippen molar-refractivity contribution in [3.05, 3.63) is 64.7 Å². The maximum absolute atomic E-state index is 13.0. The van der Waals surface area contributed by atoms with Gasteiger partial charge in [0.25, 0.3) is 5.91 Å². The Kier molecular flexibility index (Phi) is 8.12. The first-order valence-electron chi connectivity index (χ1n) is 11.9. The minimum absolute atomic E-state index is 0.209. The lowest BCUT2D eigenvalue weighted by Gasteiger charge is -2.29. The van der Waals surface area contributed by atoms with Crippen molar-refractivity contribution in [2.24, 2.45) is 0 Å². The maximum Gasteiger partial charge on any atom is 0.255 e. The van der Waals surface area contributed by atoms with Gasteiger partial charge in [-0.2, -0.15) is 5.06 Å². The van der Waals surface area contributed by atoms with E-state index in [1.54, 1.807) is 19.2 Å². The van der Waals surface area contributed by atoms with E-state index in [-0.39, 0.29) is 24.8 Å². The van der Waals surface area contributed by atoms with E-state index in [0.29, 0.717) is 37.6 Å². The molecular formula is C26H32N3O6+. The number of carbonyl (C=O) groups excluding carboxylic acids is 3. The average Bonchev–Trinajstić information content (AvgIpc) is 3.19. The molecule has 3 amide bonds. The lowest BCUT2D eigenvalue weighted by Crippen LogP contribution is -3.10. The largest absolute Gasteiger partial charge is 0.489 e. The molecule has 0 aromatic heterocycles. The molecule has 0 spiro atoms. The van der Waals surface area contributed by atoms with Gasteiger partial charge in [0.15, 0.2) is 0 Å². The molecule has 186 valence electrons. The van der Waals surface area contributed by atoms with Crippen molar-refractivity contribution >= 4 is 17.7 Å². The number of hydrogen-bond donors (Lipinski definition) is 2. The highest BCUT2D eigenvalue weighted by Gasteiger charge is 2.40. The van der Waals surface area contributed by atoms with Crippen LogP contribution in [0.1, 0.15) is 46.8 Å². The van der Waals surface area contributed by atoms with Crippen molar-refractivity contribution in [3.8, 4) is 5.75 Å². The fraction of sp³-hybridized carbons (Fsp3) is 0.423. The van der Waals surface area contributed by atoms with E-state index in [0.717, 1.165) is 34.8 Å². The van der Waals surface area contributed by atoms with Crippen LogP contribution in [0.2, 0.25) is 0 Å². The van der Waals surface area contributed by atoms with Crippen LogP contribution in [-0.2, 0) is 38.9 Å². The first-order chi connectivity index (χ1) is 17.0. The van der Waals surface area contributed by atoms with Crippen LogP contribution < -0.4 is 15.1 Å². The van der Waals surface area contributed by atoms with Gasteiger partial charge in [-0.3, -0.25) is 19.7 Å². The molecule has 9 heteroatoms. The predicted molar refractivity (Wildman–Crippen MR) is 126 cm³/mol. The van der Waals surface area contributed by atoms with Crippen LogP contribution in [0.25, 0.3) is 0 Å². The molecule has 35 heavy (non-hydrogen) atoms. The van der Waals surface area contributed by atoms with Crippen molar-refractivity contribution < 1.29 is 33.8 Å². The van der Waals surface area contributed by atoms with Crippen molar-refractivity contribution in [2.75, 3.05) is 26.9 Å². The van der Waals surface area contributed by atoms with Crippen molar-refractivity contribution in [1.82, 2.24) is 10.2 Å². The minimum atomic E-state index is -0.643. The second-order valence-corrected chi connectivity index (χ2v) is 8.65. The quantitative estimate of drug-likeness (QED) is 0.282. The van der Waals surface area contributed by atoms with E-state index in [9.17, 15) is 14.4 Å². The highest BCUT2D eigenvalue weighted by molar-refractivity contribution is 6.05. The summed E-state index contributed by atoms with van der Waals surface area (Å²) >= 11 is 0. The van der Waals surface area contributed by atoms with E-state index in [2.05, 4.69) is 17.4 Å². The molecule has 0 saturated carbocycles. The number of nitrogens with one attached hydrogen (secondary N) is 2. The first-order valence-corrected chi connectivity index (χ1v) is 11.9. The van der Waals surface area contributed by atoms with E-state index >= 15 is 0 Å². The molecule has 2 aliphatic heterocycles. The highest BCUT2D eigenvalue weighted by Crippen LogP contribution is 2.33. The molecule has 1 saturated heterocycles. The fourth-order valence-corrected chi connectivity index (χ4v) is 4.43. The van der Waals surface area contributed by atoms with Gasteiger partial charge in [0.2, 0.25) is 11.8 Å². The normalized spacial score (nSPS) is 18.4. The van der Waals surface area contributed by atoms with Gasteiger partial charge in [-0.15, -0.1) is 0 Å². The summed E-state index contributed by atoms with van der Waals surface area (Å²) in [6, 6.07) is 12.9. The smallest absolute Gasteiger partial charge is 0.255 e. The summed E-state index contributed by atoms with van der Waals surface area (Å²) in [5.41, 5.74) is 3.46. The van der Waals surface area contributed by atoms with Crippen LogP contribution in [0.15, 0.2) is 42.5 Å². The van der Waals surface area contributed by atoms with Crippen molar-refractivity contribution in [1.29, 1.82) is 0 Å². The minimum Gasteiger partial charge on any atom is -0.489 e. The number of amides is 3. The highest BCUT2D eigenvalue weighted by atomic mass is 16.7. The molecule has 2 N–H and O–H groups in total. The average molecular weight is 483 g/mol. The number of rotatable bonds is 11. The van der Waals surface area contributed by atoms with Crippen LogP contribution in [-0.4, -0.2) is 55.5 Å². The molecule has 2 unspecified atom stereocenters. The summed E-state index contributed by atoms with van der Waals surface area (Å²) in [6.45, 7) is 5.46. The molecule has 0 bridgehead atoms. The third kappa shape index (κ3) is 5.87. The van der Waals surface area contributed by atoms with Gasteiger partial charge in [0.1, 0.15) is 31.5 Å². The number of nitrogens with zero attached hydrogens (tertiary/aromatic N) is 1. The van der Waals surface area contributed by atoms with Crippen LogP contribution in [0, 0.1) is 0 Å². The molecule has 1 fully saturated rings. The molecule has 0 aliphatic carbocycles. The van der Waals surface area contributed by atoms with Crippen LogP contribution in [0.3, 0.4) is 0 Å². The lowest BCUT2D eigenvalue weighted by atomic mass is 10.0. The lowest BCUT2D eigenvalue weighted by molar-refractivity contribution is -1.10. The van der Waals surface area contributed by atoms with Gasteiger partial charge < -0.3 is 14.4 Å². The number of imide groups is 1. The summed E-state index contributed by atoms with van der Waals surface area (Å²) in [4.78, 5) is 43.8. The molecule has 0 radical (unpaired) electrons. The van der Waals surface area contributed by atoms with Crippen LogP contribution in [0.5, 0.6) is 5.75 Å². The van der Waals surface area contributed by atoms with E-state index in [4.69, 9.17) is 14.3 Å². The van der Waals surface area contributed by atoms with E-state index in [1.165, 1.54) is 4.90 Å². The number of benzene rings is 2. The topological polar surface area (TPSA) is 98.6 Å². The molecule has 2 aliphatic rings. The SMILES string of the molecule is CCOCC[NH+](Cc1ccc(COc2cccc3c2CN(C2CCC(=O)NC2=O)C3=O)cc1)OC. The molecule has 2 aromatic rings. The monoisotopic (exact) mass is 482 g/mol. The van der Waals surface area contributed by atoms with E-state index < -0.39 is 11.9 Å². The Morgan fingerprint density at radius 1 is 1.09 bits per heavy atom. The summed E-state index contributed by atoms with van der Waals surface area (Å²) in [7, 11) is 1.69. The van der Waals surface area contributed by atoms with Gasteiger partial charge >= 0.3 is 0 Å². The summed E-state index contributed by atoms with van der Waals surface area (Å²) in [5.74, 6) is -0.302. The van der Waals surface area contributed by atoms with Crippen LogP contribution in [0.4, 0.5) is 0 Å². The molecule has 9 nitrogen and oxygen atoms in total. The summed E-state index contributed by atoms with van der Waals surface area (Å²) < 4.78 is 11.5. The van der Waals surface area contributed by atoms with Gasteiger partial charge in [0, 0.05) is 29.7 Å². The Hall–Kier alpha value is -3.27. The molecule has 4 rings (SSSR count). The summed E-state index contributed by atoms with van der Waals surface area (Å²) in [5, 5.41) is 3.31. The second-order valence-electron chi connectivity index (χ2n) is 8.65. The Morgan fingerprint density at radius 2 is 1.86 bits per heavy atom. The predicted octanol–water partition coefficient (Wildman–Crippen LogP) is 1.01. The number of fused-ring (bicyclic) bond motifs is 1. The maximum atomic E-state index is 13.0. The number of piperidine rings is 1. The van der Waals surface area contributed by atoms with Gasteiger partial charge in [0.05, 0.1) is 20.3 Å². The van der Waals surface area contributed by atoms with Gasteiger partial charge in [-0.25, -0.2) is 4.84 Å². The van der Waals surface area contributed by atoms with E-state index in [1.807, 2.05) is 25.1 Å². The third-order valence-corrected chi connectivity index (χ3v) is 6.38. The Morgan fingerprint density at radius 3 is 2.57 bits per heavy atom. The zero-order chi connectivity index (χ0) is 24.8. The Bertz CT molecular complexity index is 1070. The number of quaternary nitrogens is 1. The first kappa shape index (κ1) is 24.8. The number of carbonyl (C=O) groups is 3. The Balaban J connectivity index is 1.37. The number of hydroxylamine groups is 2. The molecular weight excluding hydrogens is 450 g/mol. The third-order valence-electron chi connectivity index (χ3n) is 6.38. The number of hydrogen-bond acceptors (Lipinski definition) is 6. The summed E-state index contributed by atoms with van der Waals surface area (Å²) in [6.07, 6.45) is 0.562. The van der Waals surface area contributed by atoms with Crippen molar-refractivity contribution in [2.45, 2.75) is 45.5 Å².